The number of nitrogens with one attached hydrogen (secondary N) is 1. The fourth-order valence-corrected chi connectivity index (χ4v) is 4.55. The number of ether oxygens (including phenoxy) is 1. The minimum Gasteiger partial charge on any atom is -0.449 e. The van der Waals surface area contributed by atoms with E-state index in [1.165, 1.54) is 59.8 Å². The lowest BCUT2D eigenvalue weighted by Gasteiger charge is -2.16. The average Bonchev–Trinajstić information content (AvgIpc) is 3.30. The van der Waals surface area contributed by atoms with Crippen LogP contribution in [0.5, 0.6) is 0 Å². The Hall–Kier alpha value is -3.31. The summed E-state index contributed by atoms with van der Waals surface area (Å²) in [6.07, 6.45) is 0.531. The number of hydrogen-bond acceptors (Lipinski definition) is 7. The molecule has 2 aromatic rings. The molecule has 0 unspecified atom stereocenters. The Morgan fingerprint density at radius 2 is 1.65 bits per heavy atom. The Morgan fingerprint density at radius 1 is 1.06 bits per heavy atom. The summed E-state index contributed by atoms with van der Waals surface area (Å²) in [6.45, 7) is 2.38. The number of sulfonamides is 1. The van der Waals surface area contributed by atoms with E-state index in [9.17, 15) is 28.1 Å². The van der Waals surface area contributed by atoms with Crippen LogP contribution < -0.4 is 5.32 Å². The smallest absolute Gasteiger partial charge is 0.338 e. The summed E-state index contributed by atoms with van der Waals surface area (Å²) in [7, 11) is -3.55. The van der Waals surface area contributed by atoms with E-state index in [2.05, 4.69) is 5.32 Å². The summed E-state index contributed by atoms with van der Waals surface area (Å²) in [5.74, 6) is -1.41. The zero-order valence-corrected chi connectivity index (χ0v) is 17.5. The monoisotopic (exact) mass is 447 g/mol. The second kappa shape index (κ2) is 9.23. The maximum atomic E-state index is 12.5. The molecule has 0 saturated carbocycles. The van der Waals surface area contributed by atoms with Crippen LogP contribution in [0.1, 0.15) is 30.1 Å². The molecule has 1 heterocycles. The third-order valence-electron chi connectivity index (χ3n) is 4.79. The van der Waals surface area contributed by atoms with Crippen molar-refractivity contribution in [2.24, 2.45) is 0 Å². The van der Waals surface area contributed by atoms with Crippen LogP contribution in [0.3, 0.4) is 0 Å². The highest BCUT2D eigenvalue weighted by Gasteiger charge is 2.27. The number of nitro benzene ring substituents is 1. The number of rotatable bonds is 7. The van der Waals surface area contributed by atoms with Crippen LogP contribution >= 0.6 is 0 Å². The van der Waals surface area contributed by atoms with Crippen LogP contribution in [-0.4, -0.2) is 48.7 Å². The Morgan fingerprint density at radius 3 is 2.19 bits per heavy atom. The molecule has 0 bridgehead atoms. The quantitative estimate of drug-likeness (QED) is 0.391. The molecule has 1 saturated heterocycles. The lowest BCUT2D eigenvalue weighted by atomic mass is 10.2. The lowest BCUT2D eigenvalue weighted by molar-refractivity contribution is -0.384. The lowest BCUT2D eigenvalue weighted by Crippen LogP contribution is -2.30. The zero-order valence-electron chi connectivity index (χ0n) is 16.7. The standard InChI is InChI=1S/C20H21N3O7S/c1-14(30-20(25)15-4-8-17(9-5-15)23(26)27)19(24)21-16-6-10-18(11-7-16)31(28,29)22-12-2-3-13-22/h4-11,14H,2-3,12-13H2,1H3,(H,21,24)/t14-/m0/s1. The Kier molecular flexibility index (Phi) is 6.66. The van der Waals surface area contributed by atoms with Crippen molar-refractivity contribution in [2.45, 2.75) is 30.8 Å². The minimum absolute atomic E-state index is 0.0710. The largest absolute Gasteiger partial charge is 0.449 e. The van der Waals surface area contributed by atoms with Gasteiger partial charge in [-0.2, -0.15) is 4.31 Å². The van der Waals surface area contributed by atoms with Crippen molar-refractivity contribution in [3.05, 3.63) is 64.2 Å². The second-order valence-electron chi connectivity index (χ2n) is 6.98. The molecule has 1 atom stereocenters. The van der Waals surface area contributed by atoms with Gasteiger partial charge < -0.3 is 10.1 Å². The van der Waals surface area contributed by atoms with E-state index >= 15 is 0 Å². The van der Waals surface area contributed by atoms with Crippen molar-refractivity contribution < 1.29 is 27.7 Å². The molecule has 3 rings (SSSR count). The number of benzene rings is 2. The van der Waals surface area contributed by atoms with Crippen molar-refractivity contribution in [1.82, 2.24) is 4.31 Å². The summed E-state index contributed by atoms with van der Waals surface area (Å²) in [5, 5.41) is 13.2. The molecule has 31 heavy (non-hydrogen) atoms. The molecule has 1 aliphatic heterocycles. The van der Waals surface area contributed by atoms with Gasteiger partial charge in [-0.1, -0.05) is 0 Å². The number of nitro groups is 1. The SMILES string of the molecule is C[C@H](OC(=O)c1ccc([N+](=O)[O-])cc1)C(=O)Nc1ccc(S(=O)(=O)N2CCCC2)cc1. The summed E-state index contributed by atoms with van der Waals surface area (Å²) < 4.78 is 31.6. The molecule has 0 radical (unpaired) electrons. The number of anilines is 1. The first kappa shape index (κ1) is 22.4. The van der Waals surface area contributed by atoms with E-state index in [0.717, 1.165) is 12.8 Å². The Bertz CT molecular complexity index is 1080. The highest BCUT2D eigenvalue weighted by Crippen LogP contribution is 2.22. The fourth-order valence-electron chi connectivity index (χ4n) is 3.03. The van der Waals surface area contributed by atoms with Gasteiger partial charge >= 0.3 is 5.97 Å². The van der Waals surface area contributed by atoms with Crippen LogP contribution in [0.4, 0.5) is 11.4 Å². The summed E-state index contributed by atoms with van der Waals surface area (Å²) in [4.78, 5) is 34.7. The maximum Gasteiger partial charge on any atom is 0.338 e. The van der Waals surface area contributed by atoms with E-state index in [1.807, 2.05) is 0 Å². The van der Waals surface area contributed by atoms with Gasteiger partial charge in [0.2, 0.25) is 10.0 Å². The molecular weight excluding hydrogens is 426 g/mol. The first-order chi connectivity index (χ1) is 14.7. The predicted molar refractivity (Wildman–Crippen MR) is 111 cm³/mol. The van der Waals surface area contributed by atoms with Gasteiger partial charge in [-0.05, 0) is 56.2 Å². The van der Waals surface area contributed by atoms with Crippen molar-refractivity contribution in [3.63, 3.8) is 0 Å². The van der Waals surface area contributed by atoms with Crippen LogP contribution in [-0.2, 0) is 19.6 Å². The number of carbonyl (C=O) groups excluding carboxylic acids is 2. The first-order valence-electron chi connectivity index (χ1n) is 9.55. The zero-order chi connectivity index (χ0) is 22.6. The minimum atomic E-state index is -3.55. The molecule has 10 nitrogen and oxygen atoms in total. The second-order valence-corrected chi connectivity index (χ2v) is 8.91. The molecule has 0 aliphatic carbocycles. The normalized spacial score (nSPS) is 15.3. The third-order valence-corrected chi connectivity index (χ3v) is 6.70. The molecule has 11 heteroatoms. The van der Waals surface area contributed by atoms with Gasteiger partial charge in [0.25, 0.3) is 11.6 Å². The van der Waals surface area contributed by atoms with Gasteiger partial charge in [0, 0.05) is 30.9 Å². The highest BCUT2D eigenvalue weighted by molar-refractivity contribution is 7.89. The molecular formula is C20H21N3O7S. The van der Waals surface area contributed by atoms with Gasteiger partial charge in [0.1, 0.15) is 0 Å². The number of esters is 1. The van der Waals surface area contributed by atoms with Gasteiger partial charge in [0.05, 0.1) is 15.4 Å². The fraction of sp³-hybridized carbons (Fsp3) is 0.300. The Labute approximate surface area is 179 Å². The predicted octanol–water partition coefficient (Wildman–Crippen LogP) is 2.56. The molecule has 2 aromatic carbocycles. The van der Waals surface area contributed by atoms with Crippen LogP contribution in [0.25, 0.3) is 0 Å². The summed E-state index contributed by atoms with van der Waals surface area (Å²) in [5.41, 5.74) is 0.253. The number of hydrogen-bond donors (Lipinski definition) is 1. The molecule has 1 N–H and O–H groups in total. The van der Waals surface area contributed by atoms with Crippen molar-refractivity contribution >= 4 is 33.3 Å². The van der Waals surface area contributed by atoms with E-state index in [1.54, 1.807) is 0 Å². The van der Waals surface area contributed by atoms with Crippen LogP contribution in [0.15, 0.2) is 53.4 Å². The maximum absolute atomic E-state index is 12.5. The topological polar surface area (TPSA) is 136 Å². The van der Waals surface area contributed by atoms with Gasteiger partial charge in [-0.25, -0.2) is 13.2 Å². The van der Waals surface area contributed by atoms with Gasteiger partial charge in [0.15, 0.2) is 6.10 Å². The highest BCUT2D eigenvalue weighted by atomic mass is 32.2. The van der Waals surface area contributed by atoms with Gasteiger partial charge in [-0.3, -0.25) is 14.9 Å². The van der Waals surface area contributed by atoms with Crippen LogP contribution in [0.2, 0.25) is 0 Å². The number of nitrogens with zero attached hydrogens (tertiary/aromatic N) is 2. The van der Waals surface area contributed by atoms with E-state index in [0.29, 0.717) is 18.8 Å². The van der Waals surface area contributed by atoms with Crippen molar-refractivity contribution in [2.75, 3.05) is 18.4 Å². The van der Waals surface area contributed by atoms with Gasteiger partial charge in [-0.15, -0.1) is 0 Å². The molecule has 164 valence electrons. The van der Waals surface area contributed by atoms with E-state index in [4.69, 9.17) is 4.74 Å². The molecule has 1 amide bonds. The van der Waals surface area contributed by atoms with E-state index < -0.39 is 32.9 Å². The van der Waals surface area contributed by atoms with Crippen molar-refractivity contribution in [1.29, 1.82) is 0 Å². The number of amides is 1. The third kappa shape index (κ3) is 5.25. The van der Waals surface area contributed by atoms with Crippen LogP contribution in [0, 0.1) is 10.1 Å². The van der Waals surface area contributed by atoms with E-state index in [-0.39, 0.29) is 16.1 Å². The molecule has 0 spiro atoms. The number of non-ortho nitro benzene ring substituents is 1. The molecule has 1 fully saturated rings. The molecule has 1 aliphatic rings. The van der Waals surface area contributed by atoms with Crippen molar-refractivity contribution in [3.8, 4) is 0 Å². The first-order valence-corrected chi connectivity index (χ1v) is 11.0. The number of carbonyl (C=O) groups is 2. The average molecular weight is 447 g/mol. The molecule has 0 aromatic heterocycles. The summed E-state index contributed by atoms with van der Waals surface area (Å²) >= 11 is 0. The Balaban J connectivity index is 1.59. The summed E-state index contributed by atoms with van der Waals surface area (Å²) in [6, 6.07) is 10.6.